The van der Waals surface area contributed by atoms with Crippen molar-refractivity contribution < 1.29 is 9.47 Å². The highest BCUT2D eigenvalue weighted by Crippen LogP contribution is 2.22. The smallest absolute Gasteiger partial charge is 0.125 e. The largest absolute Gasteiger partial charge is 0.496 e. The van der Waals surface area contributed by atoms with Crippen LogP contribution in [0.3, 0.4) is 0 Å². The molecule has 1 rings (SSSR count). The van der Waals surface area contributed by atoms with Crippen LogP contribution < -0.4 is 15.8 Å². The van der Waals surface area contributed by atoms with Gasteiger partial charge in [-0.2, -0.15) is 0 Å². The maximum atomic E-state index is 5.74. The molecule has 0 aromatic heterocycles. The van der Waals surface area contributed by atoms with Gasteiger partial charge in [0.15, 0.2) is 0 Å². The van der Waals surface area contributed by atoms with Crippen LogP contribution in [0.2, 0.25) is 0 Å². The highest BCUT2D eigenvalue weighted by atomic mass is 16.5. The summed E-state index contributed by atoms with van der Waals surface area (Å²) in [5.41, 5.74) is 7.81. The van der Waals surface area contributed by atoms with Gasteiger partial charge in [-0.3, -0.25) is 0 Å². The zero-order valence-electron chi connectivity index (χ0n) is 12.5. The molecule has 3 N–H and O–H groups in total. The third-order valence-electron chi connectivity index (χ3n) is 3.21. The van der Waals surface area contributed by atoms with Crippen molar-refractivity contribution in [2.75, 3.05) is 33.1 Å². The Labute approximate surface area is 116 Å². The van der Waals surface area contributed by atoms with Crippen LogP contribution in [-0.2, 0) is 11.3 Å². The molecular formula is C15H26N2O2. The van der Waals surface area contributed by atoms with Gasteiger partial charge in [-0.1, -0.05) is 19.9 Å². The summed E-state index contributed by atoms with van der Waals surface area (Å²) in [6.07, 6.45) is 1.04. The van der Waals surface area contributed by atoms with Crippen molar-refractivity contribution in [1.29, 1.82) is 0 Å². The maximum Gasteiger partial charge on any atom is 0.125 e. The molecule has 0 fully saturated rings. The molecule has 0 spiro atoms. The Morgan fingerprint density at radius 2 is 2.00 bits per heavy atom. The second-order valence-electron chi connectivity index (χ2n) is 5.58. The number of hydrogen-bond donors (Lipinski definition) is 2. The number of nitrogens with two attached hydrogens (primary N) is 1. The second-order valence-corrected chi connectivity index (χ2v) is 5.58. The summed E-state index contributed by atoms with van der Waals surface area (Å²) in [5.74, 6) is 0.835. The third kappa shape index (κ3) is 5.49. The lowest BCUT2D eigenvalue weighted by Gasteiger charge is -2.25. The predicted octanol–water partition coefficient (Wildman–Crippen LogP) is 2.43. The number of rotatable bonds is 8. The van der Waals surface area contributed by atoms with Crippen LogP contribution in [-0.4, -0.2) is 27.4 Å². The van der Waals surface area contributed by atoms with Gasteiger partial charge in [0, 0.05) is 44.1 Å². The highest BCUT2D eigenvalue weighted by Gasteiger charge is 2.17. The van der Waals surface area contributed by atoms with Gasteiger partial charge < -0.3 is 20.5 Å². The van der Waals surface area contributed by atoms with Gasteiger partial charge in [0.2, 0.25) is 0 Å². The molecule has 4 heteroatoms. The molecular weight excluding hydrogens is 240 g/mol. The van der Waals surface area contributed by atoms with Gasteiger partial charge in [-0.25, -0.2) is 0 Å². The van der Waals surface area contributed by atoms with E-state index in [-0.39, 0.29) is 5.41 Å². The number of ether oxygens (including phenoxy) is 2. The first-order valence-electron chi connectivity index (χ1n) is 6.60. The molecule has 0 aliphatic heterocycles. The number of anilines is 1. The number of methoxy groups -OCH3 is 2. The summed E-state index contributed by atoms with van der Waals surface area (Å²) in [6, 6.07) is 5.76. The van der Waals surface area contributed by atoms with Gasteiger partial charge in [-0.15, -0.1) is 0 Å². The van der Waals surface area contributed by atoms with E-state index >= 15 is 0 Å². The van der Waals surface area contributed by atoms with E-state index in [1.807, 2.05) is 18.2 Å². The molecule has 0 aliphatic rings. The molecule has 19 heavy (non-hydrogen) atoms. The molecule has 0 heterocycles. The zero-order valence-corrected chi connectivity index (χ0v) is 12.5. The molecule has 108 valence electrons. The molecule has 0 saturated heterocycles. The van der Waals surface area contributed by atoms with E-state index in [2.05, 4.69) is 19.2 Å². The van der Waals surface area contributed by atoms with E-state index in [0.29, 0.717) is 0 Å². The van der Waals surface area contributed by atoms with Gasteiger partial charge >= 0.3 is 0 Å². The SMILES string of the molecule is COCCC(C)(C)CNCc1ccc(N)cc1OC. The Hall–Kier alpha value is -1.26. The van der Waals surface area contributed by atoms with Crippen LogP contribution in [0.25, 0.3) is 0 Å². The normalized spacial score (nSPS) is 11.6. The minimum absolute atomic E-state index is 0.219. The maximum absolute atomic E-state index is 5.74. The average Bonchev–Trinajstić information content (AvgIpc) is 2.38. The van der Waals surface area contributed by atoms with Gasteiger partial charge in [0.25, 0.3) is 0 Å². The average molecular weight is 266 g/mol. The summed E-state index contributed by atoms with van der Waals surface area (Å²) in [4.78, 5) is 0. The summed E-state index contributed by atoms with van der Waals surface area (Å²) < 4.78 is 10.5. The number of hydrogen-bond acceptors (Lipinski definition) is 4. The molecule has 0 atom stereocenters. The first-order chi connectivity index (χ1) is 8.98. The Morgan fingerprint density at radius 1 is 1.26 bits per heavy atom. The monoisotopic (exact) mass is 266 g/mol. The third-order valence-corrected chi connectivity index (χ3v) is 3.21. The Bertz CT molecular complexity index is 392. The molecule has 0 amide bonds. The van der Waals surface area contributed by atoms with Crippen molar-refractivity contribution >= 4 is 5.69 Å². The van der Waals surface area contributed by atoms with E-state index in [4.69, 9.17) is 15.2 Å². The number of nitrogens with one attached hydrogen (secondary N) is 1. The zero-order chi connectivity index (χ0) is 14.3. The molecule has 0 unspecified atom stereocenters. The lowest BCUT2D eigenvalue weighted by atomic mass is 9.89. The quantitative estimate of drug-likeness (QED) is 0.710. The van der Waals surface area contributed by atoms with Gasteiger partial charge in [0.1, 0.15) is 5.75 Å². The molecule has 0 bridgehead atoms. The summed E-state index contributed by atoms with van der Waals surface area (Å²) in [5, 5.41) is 3.47. The fraction of sp³-hybridized carbons (Fsp3) is 0.600. The van der Waals surface area contributed by atoms with Crippen molar-refractivity contribution in [3.63, 3.8) is 0 Å². The predicted molar refractivity (Wildman–Crippen MR) is 79.4 cm³/mol. The van der Waals surface area contributed by atoms with Crippen molar-refractivity contribution in [2.24, 2.45) is 5.41 Å². The highest BCUT2D eigenvalue weighted by molar-refractivity contribution is 5.48. The second kappa shape index (κ2) is 7.36. The van der Waals surface area contributed by atoms with Crippen LogP contribution in [0.15, 0.2) is 18.2 Å². The summed E-state index contributed by atoms with van der Waals surface area (Å²) >= 11 is 0. The molecule has 0 radical (unpaired) electrons. The van der Waals surface area contributed by atoms with E-state index in [9.17, 15) is 0 Å². The Morgan fingerprint density at radius 3 is 2.63 bits per heavy atom. The van der Waals surface area contributed by atoms with E-state index in [1.165, 1.54) is 0 Å². The standard InChI is InChI=1S/C15H26N2O2/c1-15(2,7-8-18-3)11-17-10-12-5-6-13(16)9-14(12)19-4/h5-6,9,17H,7-8,10-11,16H2,1-4H3. The van der Waals surface area contributed by atoms with Crippen molar-refractivity contribution in [3.8, 4) is 5.75 Å². The summed E-state index contributed by atoms with van der Waals surface area (Å²) in [6.45, 7) is 6.97. The Kier molecular flexibility index (Phi) is 6.12. The van der Waals surface area contributed by atoms with Gasteiger partial charge in [-0.05, 0) is 17.9 Å². The number of nitrogen functional groups attached to an aromatic ring is 1. The molecule has 1 aromatic rings. The summed E-state index contributed by atoms with van der Waals surface area (Å²) in [7, 11) is 3.41. The van der Waals surface area contributed by atoms with Crippen molar-refractivity contribution in [2.45, 2.75) is 26.8 Å². The van der Waals surface area contributed by atoms with E-state index < -0.39 is 0 Å². The molecule has 0 saturated carbocycles. The van der Waals surface area contributed by atoms with Crippen LogP contribution in [0, 0.1) is 5.41 Å². The first kappa shape index (κ1) is 15.8. The topological polar surface area (TPSA) is 56.5 Å². The molecule has 0 aliphatic carbocycles. The fourth-order valence-corrected chi connectivity index (χ4v) is 1.91. The lowest BCUT2D eigenvalue weighted by molar-refractivity contribution is 0.150. The van der Waals surface area contributed by atoms with E-state index in [1.54, 1.807) is 14.2 Å². The first-order valence-corrected chi connectivity index (χ1v) is 6.60. The van der Waals surface area contributed by atoms with Crippen molar-refractivity contribution in [1.82, 2.24) is 5.32 Å². The van der Waals surface area contributed by atoms with Crippen LogP contribution in [0.4, 0.5) is 5.69 Å². The molecule has 1 aromatic carbocycles. The minimum atomic E-state index is 0.219. The Balaban J connectivity index is 2.49. The van der Waals surface area contributed by atoms with Gasteiger partial charge in [0.05, 0.1) is 7.11 Å². The fourth-order valence-electron chi connectivity index (χ4n) is 1.91. The molecule has 4 nitrogen and oxygen atoms in total. The van der Waals surface area contributed by atoms with Crippen LogP contribution >= 0.6 is 0 Å². The van der Waals surface area contributed by atoms with E-state index in [0.717, 1.165) is 43.1 Å². The minimum Gasteiger partial charge on any atom is -0.496 e. The lowest BCUT2D eigenvalue weighted by Crippen LogP contribution is -2.30. The van der Waals surface area contributed by atoms with Crippen molar-refractivity contribution in [3.05, 3.63) is 23.8 Å². The van der Waals surface area contributed by atoms with Crippen LogP contribution in [0.1, 0.15) is 25.8 Å². The number of benzene rings is 1. The van der Waals surface area contributed by atoms with Crippen LogP contribution in [0.5, 0.6) is 5.75 Å².